The Morgan fingerprint density at radius 1 is 1.21 bits per heavy atom. The lowest BCUT2D eigenvalue weighted by molar-refractivity contribution is -0.133. The van der Waals surface area contributed by atoms with Crippen LogP contribution in [0.2, 0.25) is 0 Å². The Bertz CT molecular complexity index is 1070. The van der Waals surface area contributed by atoms with Gasteiger partial charge in [0.2, 0.25) is 16.9 Å². The second-order valence-electron chi connectivity index (χ2n) is 7.81. The minimum Gasteiger partial charge on any atom is -0.358 e. The average molecular weight is 410 g/mol. The molecule has 3 aromatic rings. The van der Waals surface area contributed by atoms with Crippen molar-refractivity contribution >= 4 is 39.2 Å². The molecule has 1 aliphatic carbocycles. The van der Waals surface area contributed by atoms with Gasteiger partial charge >= 0.3 is 0 Å². The largest absolute Gasteiger partial charge is 0.358 e. The van der Waals surface area contributed by atoms with E-state index in [1.807, 2.05) is 17.0 Å². The van der Waals surface area contributed by atoms with Crippen molar-refractivity contribution in [1.82, 2.24) is 20.1 Å². The molecule has 150 valence electrons. The molecule has 3 heterocycles. The predicted octanol–water partition coefficient (Wildman–Crippen LogP) is 3.59. The monoisotopic (exact) mass is 409 g/mol. The van der Waals surface area contributed by atoms with Crippen molar-refractivity contribution in [3.05, 3.63) is 40.5 Å². The number of aromatic amines is 1. The number of fused-ring (bicyclic) bond motifs is 3. The molecule has 0 unspecified atom stereocenters. The fourth-order valence-corrected chi connectivity index (χ4v) is 4.97. The van der Waals surface area contributed by atoms with E-state index in [0.29, 0.717) is 24.1 Å². The molecule has 1 fully saturated rings. The molecule has 5 rings (SSSR count). The first kappa shape index (κ1) is 18.3. The smallest absolute Gasteiger partial charge is 0.226 e. The summed E-state index contributed by atoms with van der Waals surface area (Å²) < 4.78 is 0. The first-order valence-corrected chi connectivity index (χ1v) is 11.0. The summed E-state index contributed by atoms with van der Waals surface area (Å²) in [4.78, 5) is 30.2. The van der Waals surface area contributed by atoms with Gasteiger partial charge in [-0.2, -0.15) is 0 Å². The van der Waals surface area contributed by atoms with E-state index >= 15 is 0 Å². The first-order valence-electron chi connectivity index (χ1n) is 10.2. The summed E-state index contributed by atoms with van der Waals surface area (Å²) in [5.41, 5.74) is 3.53. The zero-order valence-electron chi connectivity index (χ0n) is 16.1. The number of nitrogens with one attached hydrogen (secondary N) is 2. The molecule has 29 heavy (non-hydrogen) atoms. The minimum absolute atomic E-state index is 0.0171. The van der Waals surface area contributed by atoms with Crippen LogP contribution in [0.1, 0.15) is 54.3 Å². The van der Waals surface area contributed by atoms with E-state index in [1.54, 1.807) is 0 Å². The fraction of sp³-hybridized carbons (Fsp3) is 0.429. The fourth-order valence-electron chi connectivity index (χ4n) is 4.04. The Morgan fingerprint density at radius 2 is 2.07 bits per heavy atom. The van der Waals surface area contributed by atoms with Crippen molar-refractivity contribution in [2.75, 3.05) is 11.9 Å². The Morgan fingerprint density at radius 3 is 2.90 bits per heavy atom. The van der Waals surface area contributed by atoms with Crippen LogP contribution in [-0.2, 0) is 22.6 Å². The highest BCUT2D eigenvalue weighted by Crippen LogP contribution is 2.38. The van der Waals surface area contributed by atoms with Gasteiger partial charge < -0.3 is 15.2 Å². The standard InChI is InChI=1S/C21H23N5O2S/c27-18(23-21-25-24-20(29-21)13-4-3-5-13)8-9-19(28)26-11-10-17-15(12-26)14-6-1-2-7-16(14)22-17/h1-2,6-7,13,22H,3-5,8-12H2,(H,23,25,27). The van der Waals surface area contributed by atoms with Gasteiger partial charge in [-0.05, 0) is 18.9 Å². The van der Waals surface area contributed by atoms with Gasteiger partial charge in [-0.3, -0.25) is 9.59 Å². The van der Waals surface area contributed by atoms with Gasteiger partial charge in [-0.25, -0.2) is 0 Å². The van der Waals surface area contributed by atoms with E-state index in [0.717, 1.165) is 29.8 Å². The van der Waals surface area contributed by atoms with E-state index in [2.05, 4.69) is 32.6 Å². The van der Waals surface area contributed by atoms with Gasteiger partial charge in [0.1, 0.15) is 5.01 Å². The Kier molecular flexibility index (Phi) is 4.79. The SMILES string of the molecule is O=C(CCC(=O)N1CCc2[nH]c3ccccc3c2C1)Nc1nnc(C2CCC2)s1. The zero-order valence-corrected chi connectivity index (χ0v) is 16.9. The molecule has 1 saturated carbocycles. The van der Waals surface area contributed by atoms with Gasteiger partial charge in [0.15, 0.2) is 0 Å². The van der Waals surface area contributed by atoms with Crippen LogP contribution in [0.15, 0.2) is 24.3 Å². The topological polar surface area (TPSA) is 91.0 Å². The second kappa shape index (κ2) is 7.59. The summed E-state index contributed by atoms with van der Waals surface area (Å²) in [6.07, 6.45) is 4.74. The van der Waals surface area contributed by atoms with Crippen LogP contribution in [0.25, 0.3) is 10.9 Å². The minimum atomic E-state index is -0.181. The molecular weight excluding hydrogens is 386 g/mol. The molecule has 0 bridgehead atoms. The highest BCUT2D eigenvalue weighted by molar-refractivity contribution is 7.15. The van der Waals surface area contributed by atoms with Gasteiger partial charge in [0, 0.05) is 60.4 Å². The number of benzene rings is 1. The highest BCUT2D eigenvalue weighted by Gasteiger charge is 2.25. The average Bonchev–Trinajstić information content (AvgIpc) is 3.28. The molecule has 2 aromatic heterocycles. The summed E-state index contributed by atoms with van der Waals surface area (Å²) in [5.74, 6) is 0.344. The number of carbonyl (C=O) groups is 2. The predicted molar refractivity (Wildman–Crippen MR) is 112 cm³/mol. The van der Waals surface area contributed by atoms with E-state index < -0.39 is 0 Å². The molecule has 1 aliphatic heterocycles. The van der Waals surface area contributed by atoms with Crippen LogP contribution in [0.5, 0.6) is 0 Å². The Balaban J connectivity index is 1.16. The number of para-hydroxylation sites is 1. The lowest BCUT2D eigenvalue weighted by Crippen LogP contribution is -2.36. The normalized spacial score (nSPS) is 16.5. The van der Waals surface area contributed by atoms with Crippen LogP contribution in [0.4, 0.5) is 5.13 Å². The van der Waals surface area contributed by atoms with Crippen molar-refractivity contribution in [3.8, 4) is 0 Å². The molecule has 1 aromatic carbocycles. The number of aromatic nitrogens is 3. The van der Waals surface area contributed by atoms with Crippen molar-refractivity contribution in [2.45, 2.75) is 51.0 Å². The number of hydrogen-bond acceptors (Lipinski definition) is 5. The summed E-state index contributed by atoms with van der Waals surface area (Å²) in [5, 5.41) is 13.7. The van der Waals surface area contributed by atoms with Gasteiger partial charge in [-0.15, -0.1) is 10.2 Å². The van der Waals surface area contributed by atoms with Crippen molar-refractivity contribution in [1.29, 1.82) is 0 Å². The maximum Gasteiger partial charge on any atom is 0.226 e. The van der Waals surface area contributed by atoms with E-state index in [4.69, 9.17) is 0 Å². The molecular formula is C21H23N5O2S. The number of hydrogen-bond donors (Lipinski definition) is 2. The van der Waals surface area contributed by atoms with Crippen LogP contribution in [0.3, 0.4) is 0 Å². The molecule has 0 saturated heterocycles. The van der Waals surface area contributed by atoms with E-state index in [-0.39, 0.29) is 24.7 Å². The van der Waals surface area contributed by atoms with Crippen molar-refractivity contribution in [2.24, 2.45) is 0 Å². The highest BCUT2D eigenvalue weighted by atomic mass is 32.1. The van der Waals surface area contributed by atoms with E-state index in [9.17, 15) is 9.59 Å². The zero-order chi connectivity index (χ0) is 19.8. The molecule has 2 aliphatic rings. The maximum absolute atomic E-state index is 12.7. The van der Waals surface area contributed by atoms with E-state index in [1.165, 1.54) is 34.4 Å². The molecule has 0 radical (unpaired) electrons. The number of carbonyl (C=O) groups excluding carboxylic acids is 2. The number of rotatable bonds is 5. The molecule has 0 atom stereocenters. The third kappa shape index (κ3) is 3.64. The number of H-pyrrole nitrogens is 1. The van der Waals surface area contributed by atoms with Gasteiger partial charge in [0.05, 0.1) is 0 Å². The number of amides is 2. The number of nitrogens with zero attached hydrogens (tertiary/aromatic N) is 3. The summed E-state index contributed by atoms with van der Waals surface area (Å²) >= 11 is 1.45. The molecule has 7 nitrogen and oxygen atoms in total. The maximum atomic E-state index is 12.7. The van der Waals surface area contributed by atoms with Crippen LogP contribution >= 0.6 is 11.3 Å². The van der Waals surface area contributed by atoms with Crippen LogP contribution < -0.4 is 5.32 Å². The van der Waals surface area contributed by atoms with Crippen LogP contribution in [-0.4, -0.2) is 38.4 Å². The van der Waals surface area contributed by atoms with Crippen molar-refractivity contribution < 1.29 is 9.59 Å². The molecule has 0 spiro atoms. The third-order valence-corrected chi connectivity index (χ3v) is 6.94. The van der Waals surface area contributed by atoms with Crippen LogP contribution in [0, 0.1) is 0 Å². The summed E-state index contributed by atoms with van der Waals surface area (Å²) in [6.45, 7) is 1.28. The van der Waals surface area contributed by atoms with Gasteiger partial charge in [0.25, 0.3) is 0 Å². The molecule has 8 heteroatoms. The van der Waals surface area contributed by atoms with Crippen molar-refractivity contribution in [3.63, 3.8) is 0 Å². The Hall–Kier alpha value is -2.74. The second-order valence-corrected chi connectivity index (χ2v) is 8.82. The summed E-state index contributed by atoms with van der Waals surface area (Å²) in [6, 6.07) is 8.18. The number of anilines is 1. The lowest BCUT2D eigenvalue weighted by atomic mass is 9.86. The quantitative estimate of drug-likeness (QED) is 0.674. The lowest BCUT2D eigenvalue weighted by Gasteiger charge is -2.27. The first-order chi connectivity index (χ1) is 14.2. The molecule has 2 amide bonds. The molecule has 2 N–H and O–H groups in total. The third-order valence-electron chi connectivity index (χ3n) is 5.94. The summed E-state index contributed by atoms with van der Waals surface area (Å²) in [7, 11) is 0. The Labute approximate surface area is 172 Å². The van der Waals surface area contributed by atoms with Gasteiger partial charge in [-0.1, -0.05) is 36.0 Å².